The number of aromatic hydroxyl groups is 1. The maximum atomic E-state index is 13.5. The third kappa shape index (κ3) is 3.55. The van der Waals surface area contributed by atoms with Gasteiger partial charge in [-0.15, -0.1) is 12.4 Å². The average molecular weight is 546 g/mol. The van der Waals surface area contributed by atoms with Crippen LogP contribution in [0.5, 0.6) is 11.5 Å². The smallest absolute Gasteiger partial charge is 0.227 e. The molecule has 2 aromatic rings. The lowest BCUT2D eigenvalue weighted by Gasteiger charge is -2.64. The second-order valence-electron chi connectivity index (χ2n) is 11.7. The maximum absolute atomic E-state index is 13.5. The number of phenols is 1. The molecule has 37 heavy (non-hydrogen) atoms. The molecule has 3 fully saturated rings. The lowest BCUT2D eigenvalue weighted by atomic mass is 9.48. The van der Waals surface area contributed by atoms with Crippen LogP contribution in [0.3, 0.4) is 0 Å². The van der Waals surface area contributed by atoms with E-state index in [0.29, 0.717) is 23.6 Å². The van der Waals surface area contributed by atoms with Gasteiger partial charge < -0.3 is 19.8 Å². The second kappa shape index (κ2) is 8.77. The highest BCUT2D eigenvalue weighted by atomic mass is 35.5. The summed E-state index contributed by atoms with van der Waals surface area (Å²) in [5, 5.41) is 24.0. The highest BCUT2D eigenvalue weighted by molar-refractivity contribution is 6.30. The van der Waals surface area contributed by atoms with Crippen LogP contribution >= 0.6 is 24.0 Å². The van der Waals surface area contributed by atoms with E-state index < -0.39 is 17.1 Å². The molecule has 1 amide bonds. The summed E-state index contributed by atoms with van der Waals surface area (Å²) >= 11 is 6.15. The Morgan fingerprint density at radius 2 is 2.03 bits per heavy atom. The van der Waals surface area contributed by atoms with Crippen LogP contribution in [0.4, 0.5) is 0 Å². The highest BCUT2D eigenvalue weighted by Crippen LogP contribution is 2.66. The number of nitrogens with zero attached hydrogens (tertiary/aromatic N) is 2. The Hall–Kier alpha value is -1.99. The number of carbonyl (C=O) groups is 1. The standard InChI is InChI=1S/C29H33ClN2O4.ClH/c1-31(24(34)14-18-3-2-4-20(30)13-18)21-9-10-29(35)23-15-19-7-8-22(33)26-25(19)28(29,27(21)36-26)11-12-32(23)16-17-5-6-17;/h2-4,7-8,13,17,21,23,27,33,35H,5-6,9-12,14-16H2,1H3;1H/t21-,23-,27+,28+,29-;/m1./s1. The molecule has 2 heterocycles. The lowest BCUT2D eigenvalue weighted by molar-refractivity contribution is -0.200. The van der Waals surface area contributed by atoms with E-state index in [1.165, 1.54) is 18.4 Å². The van der Waals surface area contributed by atoms with E-state index in [2.05, 4.69) is 4.90 Å². The van der Waals surface area contributed by atoms with E-state index in [4.69, 9.17) is 16.3 Å². The van der Waals surface area contributed by atoms with Crippen LogP contribution in [0, 0.1) is 5.92 Å². The zero-order valence-corrected chi connectivity index (χ0v) is 22.6. The van der Waals surface area contributed by atoms with E-state index in [9.17, 15) is 15.0 Å². The molecule has 2 bridgehead atoms. The van der Waals surface area contributed by atoms with Crippen LogP contribution in [0.1, 0.15) is 48.8 Å². The van der Waals surface area contributed by atoms with Gasteiger partial charge in [-0.1, -0.05) is 29.8 Å². The van der Waals surface area contributed by atoms with Crippen LogP contribution in [-0.2, 0) is 23.1 Å². The van der Waals surface area contributed by atoms with Crippen LogP contribution < -0.4 is 4.74 Å². The summed E-state index contributed by atoms with van der Waals surface area (Å²) in [5.41, 5.74) is 1.50. The Kier molecular flexibility index (Phi) is 6.00. The molecular formula is C29H34Cl2N2O4. The molecule has 0 unspecified atom stereocenters. The van der Waals surface area contributed by atoms with Gasteiger partial charge in [0.05, 0.1) is 23.5 Å². The van der Waals surface area contributed by atoms with Crippen LogP contribution in [0.2, 0.25) is 5.02 Å². The van der Waals surface area contributed by atoms with Crippen molar-refractivity contribution in [3.05, 3.63) is 58.1 Å². The third-order valence-electron chi connectivity index (χ3n) is 9.87. The SMILES string of the molecule is CN(C(=O)Cc1cccc(Cl)c1)[C@@H]1CC[C@@]2(O)[C@H]3Cc4ccc(O)c5c4[C@@]2(CCN3CC2CC2)[C@H]1O5.Cl. The van der Waals surface area contributed by atoms with Gasteiger partial charge in [-0.05, 0) is 80.3 Å². The second-order valence-corrected chi connectivity index (χ2v) is 12.1. The van der Waals surface area contributed by atoms with Crippen molar-refractivity contribution in [1.29, 1.82) is 0 Å². The molecule has 1 saturated heterocycles. The normalized spacial score (nSPS) is 33.2. The fourth-order valence-electron chi connectivity index (χ4n) is 7.98. The number of phenolic OH excluding ortho intramolecular Hbond substituents is 1. The molecule has 6 nitrogen and oxygen atoms in total. The topological polar surface area (TPSA) is 73.2 Å². The molecule has 198 valence electrons. The van der Waals surface area contributed by atoms with Gasteiger partial charge in [0.2, 0.25) is 5.91 Å². The number of benzene rings is 2. The Bertz CT molecular complexity index is 1250. The number of halogens is 2. The molecule has 2 N–H and O–H groups in total. The predicted molar refractivity (Wildman–Crippen MR) is 144 cm³/mol. The number of ether oxygens (including phenoxy) is 1. The number of hydrogen-bond donors (Lipinski definition) is 2. The van der Waals surface area contributed by atoms with Crippen molar-refractivity contribution in [2.45, 2.75) is 74.1 Å². The van der Waals surface area contributed by atoms with Crippen molar-refractivity contribution in [2.75, 3.05) is 20.1 Å². The molecule has 0 radical (unpaired) electrons. The van der Waals surface area contributed by atoms with Gasteiger partial charge in [-0.2, -0.15) is 0 Å². The zero-order chi connectivity index (χ0) is 24.8. The Morgan fingerprint density at radius 1 is 1.22 bits per heavy atom. The van der Waals surface area contributed by atoms with Crippen molar-refractivity contribution in [1.82, 2.24) is 9.80 Å². The van der Waals surface area contributed by atoms with Gasteiger partial charge in [0.1, 0.15) is 6.10 Å². The minimum absolute atomic E-state index is 0. The van der Waals surface area contributed by atoms with Crippen molar-refractivity contribution in [2.24, 2.45) is 5.92 Å². The first kappa shape index (κ1) is 25.3. The van der Waals surface area contributed by atoms with Gasteiger partial charge in [-0.3, -0.25) is 9.69 Å². The molecule has 2 saturated carbocycles. The maximum Gasteiger partial charge on any atom is 0.227 e. The van der Waals surface area contributed by atoms with Crippen LogP contribution in [0.15, 0.2) is 36.4 Å². The molecule has 2 aliphatic heterocycles. The number of likely N-dealkylation sites (tertiary alicyclic amines) is 1. The number of likely N-dealkylation sites (N-methyl/N-ethyl adjacent to an activating group) is 1. The van der Waals surface area contributed by atoms with Gasteiger partial charge in [0.15, 0.2) is 11.5 Å². The molecule has 2 aromatic carbocycles. The van der Waals surface area contributed by atoms with E-state index in [1.807, 2.05) is 42.3 Å². The fraction of sp³-hybridized carbons (Fsp3) is 0.552. The predicted octanol–water partition coefficient (Wildman–Crippen LogP) is 4.10. The first-order chi connectivity index (χ1) is 17.3. The number of amides is 1. The summed E-state index contributed by atoms with van der Waals surface area (Å²) in [6.07, 6.45) is 5.27. The van der Waals surface area contributed by atoms with Crippen LogP contribution in [0.25, 0.3) is 0 Å². The van der Waals surface area contributed by atoms with Crippen molar-refractivity contribution >= 4 is 29.9 Å². The number of carbonyl (C=O) groups excluding carboxylic acids is 1. The first-order valence-corrected chi connectivity index (χ1v) is 13.7. The number of piperidine rings is 1. The monoisotopic (exact) mass is 544 g/mol. The lowest BCUT2D eigenvalue weighted by Crippen LogP contribution is -2.78. The van der Waals surface area contributed by atoms with Gasteiger partial charge >= 0.3 is 0 Å². The van der Waals surface area contributed by atoms with Crippen molar-refractivity contribution < 1.29 is 19.7 Å². The first-order valence-electron chi connectivity index (χ1n) is 13.3. The van der Waals surface area contributed by atoms with Gasteiger partial charge in [0, 0.05) is 30.2 Å². The molecule has 5 atom stereocenters. The van der Waals surface area contributed by atoms with E-state index in [-0.39, 0.29) is 42.6 Å². The summed E-state index contributed by atoms with van der Waals surface area (Å²) in [6, 6.07) is 11.0. The summed E-state index contributed by atoms with van der Waals surface area (Å²) in [6.45, 7) is 1.96. The molecule has 8 heteroatoms. The quantitative estimate of drug-likeness (QED) is 0.592. The van der Waals surface area contributed by atoms with Crippen molar-refractivity contribution in [3.63, 3.8) is 0 Å². The number of hydrogen-bond acceptors (Lipinski definition) is 5. The van der Waals surface area contributed by atoms with Gasteiger partial charge in [-0.25, -0.2) is 0 Å². The zero-order valence-electron chi connectivity index (χ0n) is 21.0. The average Bonchev–Trinajstić information content (AvgIpc) is 3.59. The Morgan fingerprint density at radius 3 is 2.78 bits per heavy atom. The molecule has 5 aliphatic rings. The van der Waals surface area contributed by atoms with Gasteiger partial charge in [0.25, 0.3) is 0 Å². The number of rotatable bonds is 5. The highest BCUT2D eigenvalue weighted by Gasteiger charge is 2.73. The largest absolute Gasteiger partial charge is 0.504 e. The van der Waals surface area contributed by atoms with Crippen molar-refractivity contribution in [3.8, 4) is 11.5 Å². The molecule has 1 spiro atoms. The fourth-order valence-corrected chi connectivity index (χ4v) is 8.20. The van der Waals surface area contributed by atoms with E-state index >= 15 is 0 Å². The minimum Gasteiger partial charge on any atom is -0.504 e. The summed E-state index contributed by atoms with van der Waals surface area (Å²) in [5.74, 6) is 1.41. The number of aliphatic hydroxyl groups is 1. The van der Waals surface area contributed by atoms with E-state index in [0.717, 1.165) is 43.0 Å². The third-order valence-corrected chi connectivity index (χ3v) is 10.1. The van der Waals surface area contributed by atoms with E-state index in [1.54, 1.807) is 6.07 Å². The van der Waals surface area contributed by atoms with Crippen LogP contribution in [-0.4, -0.2) is 69.8 Å². The summed E-state index contributed by atoms with van der Waals surface area (Å²) in [4.78, 5) is 17.8. The Balaban J connectivity index is 0.00000252. The Labute approximate surface area is 229 Å². The minimum atomic E-state index is -0.940. The summed E-state index contributed by atoms with van der Waals surface area (Å²) < 4.78 is 6.61. The summed E-state index contributed by atoms with van der Waals surface area (Å²) in [7, 11) is 1.86. The molecular weight excluding hydrogens is 511 g/mol. The molecule has 3 aliphatic carbocycles. The molecule has 0 aromatic heterocycles. The molecule has 7 rings (SSSR count).